The molecular weight excluding hydrogens is 1780 g/mol. The Morgan fingerprint density at radius 2 is 0.417 bits per heavy atom. The molecule has 0 aromatic carbocycles. The molecule has 6 aliphatic heterocycles. The Balaban J connectivity index is 0.000000181. The van der Waals surface area contributed by atoms with E-state index in [1.165, 1.54) is 38.5 Å². The number of hydrogen-bond acceptors (Lipinski definition) is 12. The number of rotatable bonds is 39. The smallest absolute Gasteiger partial charge is 0.220 e. The van der Waals surface area contributed by atoms with Crippen molar-refractivity contribution < 1.29 is 28.8 Å². The zero-order chi connectivity index (χ0) is 104. The summed E-state index contributed by atoms with van der Waals surface area (Å²) < 4.78 is 0. The van der Waals surface area contributed by atoms with Crippen molar-refractivity contribution in [2.75, 3.05) is 19.6 Å². The van der Waals surface area contributed by atoms with Crippen molar-refractivity contribution in [2.45, 2.75) is 279 Å². The van der Waals surface area contributed by atoms with E-state index in [0.29, 0.717) is 96.7 Å². The predicted molar refractivity (Wildman–Crippen MR) is 606 cm³/mol. The summed E-state index contributed by atoms with van der Waals surface area (Å²) in [5.41, 5.74) is 46.5. The molecule has 9 aromatic rings. The average Bonchev–Trinajstić information content (AvgIpc) is 1.62. The molecule has 0 fully saturated rings. The van der Waals surface area contributed by atoms with Gasteiger partial charge in [0, 0.05) is 158 Å². The van der Waals surface area contributed by atoms with Crippen LogP contribution in [0.2, 0.25) is 0 Å². The van der Waals surface area contributed by atoms with Gasteiger partial charge in [0.05, 0.1) is 68.3 Å². The molecule has 0 saturated carbocycles. The first-order valence-electron chi connectivity index (χ1n) is 51.7. The van der Waals surface area contributed by atoms with Crippen LogP contribution < -0.4 is 16.0 Å². The van der Waals surface area contributed by atoms with Gasteiger partial charge in [-0.25, -0.2) is 29.9 Å². The van der Waals surface area contributed by atoms with Gasteiger partial charge in [0.25, 0.3) is 0 Å². The molecule has 21 heteroatoms. The van der Waals surface area contributed by atoms with Gasteiger partial charge in [0.15, 0.2) is 0 Å². The summed E-state index contributed by atoms with van der Waals surface area (Å²) in [4.78, 5) is 128. The van der Waals surface area contributed by atoms with Crippen molar-refractivity contribution in [3.8, 4) is 0 Å². The van der Waals surface area contributed by atoms with E-state index in [9.17, 15) is 28.8 Å². The molecule has 0 radical (unpaired) electrons. The molecule has 9 N–H and O–H groups in total. The number of carbonyl (C=O) groups excluding carboxylic acids is 6. The van der Waals surface area contributed by atoms with E-state index in [2.05, 4.69) is 250 Å². The maximum absolute atomic E-state index is 13.0. The summed E-state index contributed by atoms with van der Waals surface area (Å²) >= 11 is 0. The number of H-pyrrole nitrogens is 6. The van der Waals surface area contributed by atoms with E-state index in [1.807, 2.05) is 48.6 Å². The van der Waals surface area contributed by atoms with Crippen molar-refractivity contribution in [2.24, 2.45) is 0 Å². The summed E-state index contributed by atoms with van der Waals surface area (Å²) in [5, 5.41) is 9.28. The second-order valence-electron chi connectivity index (χ2n) is 39.2. The van der Waals surface area contributed by atoms with Crippen LogP contribution in [0.25, 0.3) is 170 Å². The highest BCUT2D eigenvalue weighted by Crippen LogP contribution is 2.44. The number of aromatic amines is 6. The van der Waals surface area contributed by atoms with Crippen LogP contribution in [0.1, 0.15) is 372 Å². The van der Waals surface area contributed by atoms with Gasteiger partial charge in [0.1, 0.15) is 17.3 Å². The third kappa shape index (κ3) is 24.6. The van der Waals surface area contributed by atoms with E-state index in [4.69, 9.17) is 29.9 Å². The van der Waals surface area contributed by atoms with Gasteiger partial charge < -0.3 is 60.2 Å². The van der Waals surface area contributed by atoms with E-state index in [0.717, 1.165) is 307 Å². The highest BCUT2D eigenvalue weighted by Gasteiger charge is 2.29. The standard InChI is InChI=1S/C43H53N5O2.C41H49N5O2.C39H45N5O2/c1-9-12-13-14-15-16-21-44-43(50)20-19-34-30(8)36-22-35-27(5)31(10-2)39(45-35)23-37-28(6)32(11-3)40(46-37)24-38-29(7)33(18-17-26(4)49)41(48-38)25-42(34)47-36;1-9-12-13-14-19-42-41(48)18-17-32-28(8)34-20-33-25(5)29(10-2)37(43-33)21-35-26(6)30(11-3)38(44-35)22-36-27(7)31(16-15-24(4)47)39(46-36)23-40(32)45-34;1-9-12-17-40-39(46)16-15-30-26(8)32-18-31-23(5)27(10-2)35(41-31)19-33-24(6)28(11-3)36(42-33)20-34-25(7)29(14-13-22(4)45)37(44-34)21-38(30)43-32/h10-11,22-25,45-46H,2-3,9,12-21H2,1,4-8H3,(H,44,50);10-11,20-23,43-44H,2-3,9,12-19H2,1,4-8H3,(H,42,48);10-11,18-21,41-42H,2-3,9,12-17H2,1,4-8H3,(H,40,46). The quantitative estimate of drug-likeness (QED) is 0.0162. The van der Waals surface area contributed by atoms with Crippen molar-refractivity contribution in [3.05, 3.63) is 247 Å². The predicted octanol–water partition coefficient (Wildman–Crippen LogP) is 29.8. The Morgan fingerprint density at radius 3 is 0.632 bits per heavy atom. The summed E-state index contributed by atoms with van der Waals surface area (Å²) in [6.45, 7) is 63.2. The molecule has 15 heterocycles. The first-order chi connectivity index (χ1) is 69.2. The number of allylic oxidation sites excluding steroid dienone is 12. The van der Waals surface area contributed by atoms with Gasteiger partial charge >= 0.3 is 0 Å². The van der Waals surface area contributed by atoms with Crippen molar-refractivity contribution in [3.63, 3.8) is 0 Å². The molecule has 0 saturated heterocycles. The third-order valence-corrected chi connectivity index (χ3v) is 29.2. The number of carbonyl (C=O) groups is 6. The van der Waals surface area contributed by atoms with Crippen LogP contribution in [0.15, 0.2) is 112 Å². The zero-order valence-electron chi connectivity index (χ0n) is 88.4. The number of unbranched alkanes of at least 4 members (excludes halogenated alkanes) is 9. The number of fused-ring (bicyclic) bond motifs is 24. The highest BCUT2D eigenvalue weighted by molar-refractivity contribution is 6.03. The number of aromatic nitrogens is 12. The van der Waals surface area contributed by atoms with E-state index < -0.39 is 0 Å². The van der Waals surface area contributed by atoms with Gasteiger partial charge in [-0.2, -0.15) is 0 Å². The first-order valence-corrected chi connectivity index (χ1v) is 51.7. The number of nitrogens with one attached hydrogen (secondary N) is 9. The molecule has 24 bridgehead atoms. The summed E-state index contributed by atoms with van der Waals surface area (Å²) in [5.74, 6) is 0.570. The Hall–Kier alpha value is -14.3. The third-order valence-electron chi connectivity index (χ3n) is 29.2. The van der Waals surface area contributed by atoms with Crippen molar-refractivity contribution in [1.29, 1.82) is 0 Å². The fourth-order valence-corrected chi connectivity index (χ4v) is 20.1. The Kier molecular flexibility index (Phi) is 36.1. The highest BCUT2D eigenvalue weighted by atomic mass is 16.2. The topological polar surface area (TPSA) is 311 Å². The normalized spacial score (nSPS) is 12.9. The fourth-order valence-electron chi connectivity index (χ4n) is 20.1. The average molecular weight is 1930 g/mol. The van der Waals surface area contributed by atoms with Gasteiger partial charge in [-0.15, -0.1) is 0 Å². The maximum atomic E-state index is 13.0. The molecule has 15 rings (SSSR count). The van der Waals surface area contributed by atoms with Crippen LogP contribution in [0, 0.1) is 41.5 Å². The Labute approximate surface area is 849 Å². The zero-order valence-corrected chi connectivity index (χ0v) is 88.4. The Bertz CT molecular complexity index is 7430. The minimum Gasteiger partial charge on any atom is -0.356 e. The SMILES string of the molecule is C=Cc1c(C)c2cc3[nH]c(cc4nc(cc5nc(cc1[nH]2)C(C)=C5CCC(C)=O)C(CCC(=O)NCCCC)=C4C)c(C)c3C=C.C=Cc1c(C)c2cc3[nH]c(cc4nc(cc5nc(cc1[nH]2)C(C)=C5CCC(C)=O)C(CCC(=O)NCCCCCC)=C4C)c(C)c3C=C.C=Cc1c(C)c2cc3[nH]c(cc4nc(cc5nc(cc1[nH]2)C(C)=C5CCC(C)=O)C(CCC(=O)NCCCCCCCC)=C4C)c(C)c3C=C. The van der Waals surface area contributed by atoms with E-state index >= 15 is 0 Å². The molecule has 9 aromatic heterocycles. The molecule has 0 atom stereocenters. The number of Topliss-reactive ketones (excluding diaryl/α,β-unsaturated/α-hetero) is 3. The van der Waals surface area contributed by atoms with Crippen LogP contribution in [0.5, 0.6) is 0 Å². The van der Waals surface area contributed by atoms with E-state index in [-0.39, 0.29) is 35.1 Å². The lowest BCUT2D eigenvalue weighted by molar-refractivity contribution is -0.121. The minimum absolute atomic E-state index is 0.0414. The molecule has 0 unspecified atom stereocenters. The van der Waals surface area contributed by atoms with Crippen LogP contribution >= 0.6 is 0 Å². The second-order valence-corrected chi connectivity index (χ2v) is 39.2. The summed E-state index contributed by atoms with van der Waals surface area (Å²) in [6.07, 6.45) is 30.8. The van der Waals surface area contributed by atoms with Gasteiger partial charge in [0.2, 0.25) is 17.7 Å². The van der Waals surface area contributed by atoms with E-state index in [1.54, 1.807) is 20.8 Å². The molecule has 3 amide bonds. The van der Waals surface area contributed by atoms with Gasteiger partial charge in [-0.05, 0) is 335 Å². The van der Waals surface area contributed by atoms with Gasteiger partial charge in [-0.3, -0.25) is 14.4 Å². The molecule has 144 heavy (non-hydrogen) atoms. The number of amides is 3. The number of ketones is 3. The Morgan fingerprint density at radius 1 is 0.236 bits per heavy atom. The van der Waals surface area contributed by atoms with Crippen LogP contribution in [-0.2, 0) is 28.8 Å². The van der Waals surface area contributed by atoms with Crippen LogP contribution in [0.4, 0.5) is 0 Å². The lowest BCUT2D eigenvalue weighted by Gasteiger charge is -2.08. The monoisotopic (exact) mass is 1930 g/mol. The molecule has 750 valence electrons. The minimum atomic E-state index is 0.0414. The molecular formula is C123H147N15O6. The number of nitrogens with zero attached hydrogens (tertiary/aromatic N) is 6. The largest absolute Gasteiger partial charge is 0.356 e. The lowest BCUT2D eigenvalue weighted by atomic mass is 9.97. The van der Waals surface area contributed by atoms with Crippen molar-refractivity contribution >= 4 is 205 Å². The maximum Gasteiger partial charge on any atom is 0.220 e. The lowest BCUT2D eigenvalue weighted by Crippen LogP contribution is -2.24. The fraction of sp³-hybridized carbons (Fsp3) is 0.366. The molecule has 0 aliphatic carbocycles. The number of hydrogen-bond donors (Lipinski definition) is 9. The summed E-state index contributed by atoms with van der Waals surface area (Å²) in [7, 11) is 0. The molecule has 0 spiro atoms. The second kappa shape index (κ2) is 48.6. The van der Waals surface area contributed by atoms with Gasteiger partial charge in [-0.1, -0.05) is 154 Å². The summed E-state index contributed by atoms with van der Waals surface area (Å²) in [6, 6.07) is 25.0. The number of aryl methyl sites for hydroxylation is 6. The molecule has 6 aliphatic rings. The molecule has 21 nitrogen and oxygen atoms in total. The van der Waals surface area contributed by atoms with Crippen LogP contribution in [0.3, 0.4) is 0 Å². The first kappa shape index (κ1) is 107. The van der Waals surface area contributed by atoms with Crippen LogP contribution in [-0.4, -0.2) is 115 Å². The van der Waals surface area contributed by atoms with Crippen molar-refractivity contribution in [1.82, 2.24) is 75.8 Å².